The molecule has 0 saturated carbocycles. The summed E-state index contributed by atoms with van der Waals surface area (Å²) in [7, 11) is 0. The predicted octanol–water partition coefficient (Wildman–Crippen LogP) is 2.40. The van der Waals surface area contributed by atoms with Gasteiger partial charge in [0.05, 0.1) is 0 Å². The number of para-hydroxylation sites is 1. The first-order valence-corrected chi connectivity index (χ1v) is 4.99. The van der Waals surface area contributed by atoms with Gasteiger partial charge < -0.3 is 10.1 Å². The highest BCUT2D eigenvalue weighted by atomic mass is 16.2. The Morgan fingerprint density at radius 3 is 2.93 bits per heavy atom. The Bertz CT molecular complexity index is 431. The van der Waals surface area contributed by atoms with Crippen LogP contribution in [0.2, 0.25) is 0 Å². The topological polar surface area (TPSA) is 36.0 Å². The Morgan fingerprint density at radius 2 is 2.21 bits per heavy atom. The minimum Gasteiger partial charge on any atom is -0.396 e. The standard InChI is InChI=1S/C12H15NO/c1-9-4-2-5-10-8-11(6-3-7-14)13-12(9)10/h2,4-5,8,13-14H,3,6-7H2,1H3. The first kappa shape index (κ1) is 9.28. The van der Waals surface area contributed by atoms with E-state index in [9.17, 15) is 0 Å². The molecule has 2 N–H and O–H groups in total. The van der Waals surface area contributed by atoms with Crippen LogP contribution in [0.3, 0.4) is 0 Å². The van der Waals surface area contributed by atoms with Crippen LogP contribution in [-0.4, -0.2) is 16.7 Å². The average Bonchev–Trinajstić information content (AvgIpc) is 2.59. The van der Waals surface area contributed by atoms with Crippen LogP contribution in [0, 0.1) is 6.92 Å². The van der Waals surface area contributed by atoms with Crippen molar-refractivity contribution in [3.05, 3.63) is 35.5 Å². The zero-order chi connectivity index (χ0) is 9.97. The summed E-state index contributed by atoms with van der Waals surface area (Å²) in [6.45, 7) is 2.36. The van der Waals surface area contributed by atoms with Crippen LogP contribution in [-0.2, 0) is 6.42 Å². The smallest absolute Gasteiger partial charge is 0.0485 e. The molecule has 2 nitrogen and oxygen atoms in total. The maximum Gasteiger partial charge on any atom is 0.0485 e. The molecule has 0 atom stereocenters. The number of aromatic amines is 1. The van der Waals surface area contributed by atoms with Crippen molar-refractivity contribution < 1.29 is 5.11 Å². The molecule has 0 saturated heterocycles. The second-order valence-electron chi connectivity index (χ2n) is 3.66. The van der Waals surface area contributed by atoms with Crippen LogP contribution in [0.15, 0.2) is 24.3 Å². The molecule has 74 valence electrons. The molecule has 0 fully saturated rings. The Balaban J connectivity index is 2.36. The van der Waals surface area contributed by atoms with Gasteiger partial charge in [-0.15, -0.1) is 0 Å². The van der Waals surface area contributed by atoms with E-state index in [0.717, 1.165) is 12.8 Å². The van der Waals surface area contributed by atoms with E-state index in [1.807, 2.05) is 0 Å². The van der Waals surface area contributed by atoms with Crippen molar-refractivity contribution in [2.45, 2.75) is 19.8 Å². The third kappa shape index (κ3) is 1.66. The Labute approximate surface area is 83.6 Å². The zero-order valence-electron chi connectivity index (χ0n) is 8.38. The van der Waals surface area contributed by atoms with E-state index in [-0.39, 0.29) is 6.61 Å². The molecule has 0 amide bonds. The molecule has 0 spiro atoms. The Kier molecular flexibility index (Phi) is 2.55. The number of benzene rings is 1. The number of aliphatic hydroxyl groups is 1. The summed E-state index contributed by atoms with van der Waals surface area (Å²) in [5.41, 5.74) is 3.71. The number of aryl methyl sites for hydroxylation is 2. The largest absolute Gasteiger partial charge is 0.396 e. The van der Waals surface area contributed by atoms with Crippen molar-refractivity contribution in [2.75, 3.05) is 6.61 Å². The molecule has 1 aromatic heterocycles. The quantitative estimate of drug-likeness (QED) is 0.764. The van der Waals surface area contributed by atoms with Gasteiger partial charge in [-0.25, -0.2) is 0 Å². The number of H-pyrrole nitrogens is 1. The van der Waals surface area contributed by atoms with Crippen molar-refractivity contribution in [1.82, 2.24) is 4.98 Å². The minimum absolute atomic E-state index is 0.258. The molecule has 0 unspecified atom stereocenters. The highest BCUT2D eigenvalue weighted by Crippen LogP contribution is 2.19. The fraction of sp³-hybridized carbons (Fsp3) is 0.333. The van der Waals surface area contributed by atoms with E-state index >= 15 is 0 Å². The van der Waals surface area contributed by atoms with E-state index in [0.29, 0.717) is 0 Å². The summed E-state index contributed by atoms with van der Waals surface area (Å²) < 4.78 is 0. The molecule has 0 aliphatic rings. The van der Waals surface area contributed by atoms with Crippen LogP contribution < -0.4 is 0 Å². The molecule has 0 bridgehead atoms. The Morgan fingerprint density at radius 1 is 1.36 bits per heavy atom. The highest BCUT2D eigenvalue weighted by molar-refractivity contribution is 5.83. The number of nitrogens with one attached hydrogen (secondary N) is 1. The second-order valence-corrected chi connectivity index (χ2v) is 3.66. The lowest BCUT2D eigenvalue weighted by Crippen LogP contribution is -1.88. The van der Waals surface area contributed by atoms with Crippen molar-refractivity contribution in [3.63, 3.8) is 0 Å². The maximum absolute atomic E-state index is 8.74. The molecular formula is C12H15NO. The lowest BCUT2D eigenvalue weighted by molar-refractivity contribution is 0.288. The SMILES string of the molecule is Cc1cccc2cc(CCCO)[nH]c12. The summed E-state index contributed by atoms with van der Waals surface area (Å²) in [5, 5.41) is 10.0. The van der Waals surface area contributed by atoms with E-state index in [1.54, 1.807) is 0 Å². The van der Waals surface area contributed by atoms with Crippen molar-refractivity contribution in [3.8, 4) is 0 Å². The van der Waals surface area contributed by atoms with Gasteiger partial charge in [-0.1, -0.05) is 18.2 Å². The first-order chi connectivity index (χ1) is 6.81. The van der Waals surface area contributed by atoms with Crippen molar-refractivity contribution in [1.29, 1.82) is 0 Å². The van der Waals surface area contributed by atoms with Gasteiger partial charge in [0, 0.05) is 17.8 Å². The molecular weight excluding hydrogens is 174 g/mol. The third-order valence-corrected chi connectivity index (χ3v) is 2.52. The maximum atomic E-state index is 8.74. The molecule has 2 heteroatoms. The van der Waals surface area contributed by atoms with E-state index < -0.39 is 0 Å². The molecule has 2 rings (SSSR count). The number of aromatic nitrogens is 1. The normalized spacial score (nSPS) is 11.0. The van der Waals surface area contributed by atoms with Crippen LogP contribution in [0.25, 0.3) is 10.9 Å². The summed E-state index contributed by atoms with van der Waals surface area (Å²) in [6, 6.07) is 8.45. The lowest BCUT2D eigenvalue weighted by Gasteiger charge is -1.94. The number of hydrogen-bond donors (Lipinski definition) is 2. The van der Waals surface area contributed by atoms with Crippen molar-refractivity contribution >= 4 is 10.9 Å². The van der Waals surface area contributed by atoms with Crippen molar-refractivity contribution in [2.24, 2.45) is 0 Å². The fourth-order valence-electron chi connectivity index (χ4n) is 1.77. The van der Waals surface area contributed by atoms with Crippen LogP contribution in [0.4, 0.5) is 0 Å². The molecule has 1 aromatic carbocycles. The number of aliphatic hydroxyl groups excluding tert-OH is 1. The van der Waals surface area contributed by atoms with Gasteiger partial charge in [0.25, 0.3) is 0 Å². The van der Waals surface area contributed by atoms with Gasteiger partial charge in [-0.2, -0.15) is 0 Å². The zero-order valence-corrected chi connectivity index (χ0v) is 8.38. The van der Waals surface area contributed by atoms with E-state index in [1.165, 1.54) is 22.2 Å². The fourth-order valence-corrected chi connectivity index (χ4v) is 1.77. The molecule has 2 aromatic rings. The molecule has 0 aliphatic carbocycles. The summed E-state index contributed by atoms with van der Waals surface area (Å²) in [5.74, 6) is 0. The van der Waals surface area contributed by atoms with Gasteiger partial charge in [0.2, 0.25) is 0 Å². The summed E-state index contributed by atoms with van der Waals surface area (Å²) in [4.78, 5) is 3.39. The average molecular weight is 189 g/mol. The summed E-state index contributed by atoms with van der Waals surface area (Å²) in [6.07, 6.45) is 1.75. The first-order valence-electron chi connectivity index (χ1n) is 4.99. The lowest BCUT2D eigenvalue weighted by atomic mass is 10.1. The van der Waals surface area contributed by atoms with E-state index in [4.69, 9.17) is 5.11 Å². The van der Waals surface area contributed by atoms with Gasteiger partial charge in [0.1, 0.15) is 0 Å². The minimum atomic E-state index is 0.258. The van der Waals surface area contributed by atoms with Crippen LogP contribution in [0.1, 0.15) is 17.7 Å². The summed E-state index contributed by atoms with van der Waals surface area (Å²) >= 11 is 0. The third-order valence-electron chi connectivity index (χ3n) is 2.52. The monoisotopic (exact) mass is 189 g/mol. The second kappa shape index (κ2) is 3.84. The number of rotatable bonds is 3. The molecule has 1 heterocycles. The van der Waals surface area contributed by atoms with E-state index in [2.05, 4.69) is 36.2 Å². The van der Waals surface area contributed by atoms with Crippen LogP contribution >= 0.6 is 0 Å². The Hall–Kier alpha value is -1.28. The number of fused-ring (bicyclic) bond motifs is 1. The van der Waals surface area contributed by atoms with Gasteiger partial charge in [-0.3, -0.25) is 0 Å². The van der Waals surface area contributed by atoms with Gasteiger partial charge in [0.15, 0.2) is 0 Å². The predicted molar refractivity (Wildman–Crippen MR) is 58.4 cm³/mol. The highest BCUT2D eigenvalue weighted by Gasteiger charge is 2.01. The van der Waals surface area contributed by atoms with Gasteiger partial charge in [-0.05, 0) is 36.8 Å². The molecule has 14 heavy (non-hydrogen) atoms. The molecule has 0 radical (unpaired) electrons. The number of hydrogen-bond acceptors (Lipinski definition) is 1. The van der Waals surface area contributed by atoms with Crippen LogP contribution in [0.5, 0.6) is 0 Å². The molecule has 0 aliphatic heterocycles. The van der Waals surface area contributed by atoms with Gasteiger partial charge >= 0.3 is 0 Å².